The van der Waals surface area contributed by atoms with Gasteiger partial charge in [0.25, 0.3) is 0 Å². The van der Waals surface area contributed by atoms with Gasteiger partial charge in [-0.3, -0.25) is 4.79 Å². The van der Waals surface area contributed by atoms with Crippen molar-refractivity contribution in [1.82, 2.24) is 10.2 Å². The zero-order chi connectivity index (χ0) is 10.5. The van der Waals surface area contributed by atoms with Gasteiger partial charge in [0, 0.05) is 12.5 Å². The molecule has 0 aromatic carbocycles. The molecule has 0 aromatic rings. The Morgan fingerprint density at radius 3 is 2.60 bits per heavy atom. The standard InChI is InChI=1S/C12H22N2O/c15-12(13-11-6-7-11)5-4-10-14-8-2-1-3-9-14/h11H,1-10H2,(H,13,15). The van der Waals surface area contributed by atoms with Crippen molar-refractivity contribution in [3.05, 3.63) is 0 Å². The van der Waals surface area contributed by atoms with Gasteiger partial charge in [-0.2, -0.15) is 0 Å². The Balaban J connectivity index is 1.51. The topological polar surface area (TPSA) is 32.3 Å². The Hall–Kier alpha value is -0.570. The molecule has 1 N–H and O–H groups in total. The van der Waals surface area contributed by atoms with Crippen LogP contribution in [-0.2, 0) is 4.79 Å². The molecule has 86 valence electrons. The number of nitrogens with one attached hydrogen (secondary N) is 1. The molecule has 0 spiro atoms. The second-order valence-corrected chi connectivity index (χ2v) is 4.85. The van der Waals surface area contributed by atoms with Crippen LogP contribution in [0.5, 0.6) is 0 Å². The van der Waals surface area contributed by atoms with Crippen LogP contribution in [-0.4, -0.2) is 36.5 Å². The van der Waals surface area contributed by atoms with Crippen molar-refractivity contribution < 1.29 is 4.79 Å². The molecule has 3 heteroatoms. The average Bonchev–Trinajstić information content (AvgIpc) is 3.03. The van der Waals surface area contributed by atoms with Crippen molar-refractivity contribution >= 4 is 5.91 Å². The maximum absolute atomic E-state index is 11.4. The molecule has 0 radical (unpaired) electrons. The molecule has 2 rings (SSSR count). The second-order valence-electron chi connectivity index (χ2n) is 4.85. The quantitative estimate of drug-likeness (QED) is 0.746. The Kier molecular flexibility index (Phi) is 4.01. The summed E-state index contributed by atoms with van der Waals surface area (Å²) in [7, 11) is 0. The van der Waals surface area contributed by atoms with E-state index in [0.29, 0.717) is 12.5 Å². The fourth-order valence-corrected chi connectivity index (χ4v) is 2.17. The average molecular weight is 210 g/mol. The summed E-state index contributed by atoms with van der Waals surface area (Å²) in [6.07, 6.45) is 8.20. The molecule has 1 heterocycles. The van der Waals surface area contributed by atoms with Gasteiger partial charge in [-0.25, -0.2) is 0 Å². The Morgan fingerprint density at radius 1 is 1.20 bits per heavy atom. The fraction of sp³-hybridized carbons (Fsp3) is 0.917. The normalized spacial score (nSPS) is 22.7. The first kappa shape index (κ1) is 10.9. The minimum absolute atomic E-state index is 0.259. The lowest BCUT2D eigenvalue weighted by molar-refractivity contribution is -0.121. The van der Waals surface area contributed by atoms with Crippen LogP contribution in [0.25, 0.3) is 0 Å². The summed E-state index contributed by atoms with van der Waals surface area (Å²) in [5.41, 5.74) is 0. The van der Waals surface area contributed by atoms with E-state index >= 15 is 0 Å². The molecular weight excluding hydrogens is 188 g/mol. The molecular formula is C12H22N2O. The van der Waals surface area contributed by atoms with Crippen molar-refractivity contribution in [2.24, 2.45) is 0 Å². The molecule has 0 atom stereocenters. The van der Waals surface area contributed by atoms with Crippen LogP contribution >= 0.6 is 0 Å². The lowest BCUT2D eigenvalue weighted by Crippen LogP contribution is -2.32. The van der Waals surface area contributed by atoms with Crippen LogP contribution in [0, 0.1) is 0 Å². The molecule has 1 saturated carbocycles. The molecule has 2 fully saturated rings. The summed E-state index contributed by atoms with van der Waals surface area (Å²) in [6.45, 7) is 3.59. The van der Waals surface area contributed by atoms with Gasteiger partial charge in [0.1, 0.15) is 0 Å². The number of piperidine rings is 1. The molecule has 0 bridgehead atoms. The number of rotatable bonds is 5. The van der Waals surface area contributed by atoms with E-state index in [1.54, 1.807) is 0 Å². The molecule has 15 heavy (non-hydrogen) atoms. The number of likely N-dealkylation sites (tertiary alicyclic amines) is 1. The third-order valence-electron chi connectivity index (χ3n) is 3.27. The van der Waals surface area contributed by atoms with Crippen molar-refractivity contribution in [2.45, 2.75) is 51.0 Å². The predicted octanol–water partition coefficient (Wildman–Crippen LogP) is 1.53. The first-order valence-electron chi connectivity index (χ1n) is 6.36. The van der Waals surface area contributed by atoms with E-state index in [9.17, 15) is 4.79 Å². The summed E-state index contributed by atoms with van der Waals surface area (Å²) >= 11 is 0. The van der Waals surface area contributed by atoms with Crippen LogP contribution in [0.15, 0.2) is 0 Å². The highest BCUT2D eigenvalue weighted by Gasteiger charge is 2.22. The lowest BCUT2D eigenvalue weighted by atomic mass is 10.1. The Morgan fingerprint density at radius 2 is 1.93 bits per heavy atom. The number of nitrogens with zero attached hydrogens (tertiary/aromatic N) is 1. The molecule has 0 unspecified atom stereocenters. The minimum atomic E-state index is 0.259. The Labute approximate surface area is 92.2 Å². The van der Waals surface area contributed by atoms with Gasteiger partial charge in [0.15, 0.2) is 0 Å². The summed E-state index contributed by atoms with van der Waals surface area (Å²) < 4.78 is 0. The van der Waals surface area contributed by atoms with E-state index in [4.69, 9.17) is 0 Å². The predicted molar refractivity (Wildman–Crippen MR) is 60.7 cm³/mol. The number of carbonyl (C=O) groups excluding carboxylic acids is 1. The third-order valence-corrected chi connectivity index (χ3v) is 3.27. The smallest absolute Gasteiger partial charge is 0.220 e. The van der Waals surface area contributed by atoms with Gasteiger partial charge in [-0.1, -0.05) is 6.42 Å². The van der Waals surface area contributed by atoms with Gasteiger partial charge in [-0.05, 0) is 51.7 Å². The summed E-state index contributed by atoms with van der Waals surface area (Å²) in [4.78, 5) is 13.9. The zero-order valence-electron chi connectivity index (χ0n) is 9.50. The van der Waals surface area contributed by atoms with E-state index < -0.39 is 0 Å². The van der Waals surface area contributed by atoms with E-state index in [-0.39, 0.29) is 5.91 Å². The minimum Gasteiger partial charge on any atom is -0.353 e. The number of amides is 1. The third kappa shape index (κ3) is 4.20. The first-order valence-corrected chi connectivity index (χ1v) is 6.36. The lowest BCUT2D eigenvalue weighted by Gasteiger charge is -2.26. The maximum atomic E-state index is 11.4. The molecule has 1 amide bonds. The molecule has 1 saturated heterocycles. The van der Waals surface area contributed by atoms with E-state index in [1.807, 2.05) is 0 Å². The van der Waals surface area contributed by atoms with Gasteiger partial charge < -0.3 is 10.2 Å². The second kappa shape index (κ2) is 5.50. The molecule has 1 aliphatic carbocycles. The number of hydrogen-bond acceptors (Lipinski definition) is 2. The van der Waals surface area contributed by atoms with E-state index in [2.05, 4.69) is 10.2 Å². The van der Waals surface area contributed by atoms with Crippen LogP contribution < -0.4 is 5.32 Å². The van der Waals surface area contributed by atoms with Gasteiger partial charge in [0.2, 0.25) is 5.91 Å². The molecule has 3 nitrogen and oxygen atoms in total. The monoisotopic (exact) mass is 210 g/mol. The first-order chi connectivity index (χ1) is 7.34. The molecule has 0 aromatic heterocycles. The molecule has 2 aliphatic rings. The van der Waals surface area contributed by atoms with Gasteiger partial charge >= 0.3 is 0 Å². The number of carbonyl (C=O) groups is 1. The summed E-state index contributed by atoms with van der Waals surface area (Å²) in [6, 6.07) is 0.521. The zero-order valence-corrected chi connectivity index (χ0v) is 9.50. The van der Waals surface area contributed by atoms with Crippen molar-refractivity contribution in [3.63, 3.8) is 0 Å². The van der Waals surface area contributed by atoms with E-state index in [0.717, 1.165) is 13.0 Å². The van der Waals surface area contributed by atoms with Gasteiger partial charge in [-0.15, -0.1) is 0 Å². The largest absolute Gasteiger partial charge is 0.353 e. The van der Waals surface area contributed by atoms with Crippen LogP contribution in [0.3, 0.4) is 0 Å². The van der Waals surface area contributed by atoms with Crippen LogP contribution in [0.4, 0.5) is 0 Å². The van der Waals surface area contributed by atoms with Crippen molar-refractivity contribution in [1.29, 1.82) is 0 Å². The maximum Gasteiger partial charge on any atom is 0.220 e. The highest BCUT2D eigenvalue weighted by molar-refractivity contribution is 5.76. The molecule has 1 aliphatic heterocycles. The van der Waals surface area contributed by atoms with E-state index in [1.165, 1.54) is 45.2 Å². The highest BCUT2D eigenvalue weighted by Crippen LogP contribution is 2.18. The van der Waals surface area contributed by atoms with Crippen molar-refractivity contribution in [2.75, 3.05) is 19.6 Å². The van der Waals surface area contributed by atoms with Gasteiger partial charge in [0.05, 0.1) is 0 Å². The Bertz CT molecular complexity index is 208. The highest BCUT2D eigenvalue weighted by atomic mass is 16.1. The van der Waals surface area contributed by atoms with Crippen LogP contribution in [0.1, 0.15) is 44.9 Å². The van der Waals surface area contributed by atoms with Crippen molar-refractivity contribution in [3.8, 4) is 0 Å². The summed E-state index contributed by atoms with van der Waals surface area (Å²) in [5, 5.41) is 3.03. The SMILES string of the molecule is O=C(CCCN1CCCCC1)NC1CC1. The number of hydrogen-bond donors (Lipinski definition) is 1. The fourth-order valence-electron chi connectivity index (χ4n) is 2.17. The van der Waals surface area contributed by atoms with Crippen LogP contribution in [0.2, 0.25) is 0 Å². The summed E-state index contributed by atoms with van der Waals surface area (Å²) in [5.74, 6) is 0.259.